The van der Waals surface area contributed by atoms with Crippen LogP contribution in [0, 0.1) is 32.5 Å². The molecule has 5 unspecified atom stereocenters. The highest BCUT2D eigenvalue weighted by Gasteiger charge is 2.52. The van der Waals surface area contributed by atoms with Gasteiger partial charge in [0.2, 0.25) is 23.6 Å². The summed E-state index contributed by atoms with van der Waals surface area (Å²) in [4.78, 5) is 141. The quantitative estimate of drug-likeness (QED) is 0.0147. The number of aliphatic carboxylic acids is 4. The normalized spacial score (nSPS) is 15.8. The minimum atomic E-state index is -1.16. The van der Waals surface area contributed by atoms with Crippen LogP contribution in [0.2, 0.25) is 0 Å². The molecule has 0 bridgehead atoms. The van der Waals surface area contributed by atoms with E-state index < -0.39 is 103 Å². The lowest BCUT2D eigenvalue weighted by Crippen LogP contribution is -2.54. The molecule has 9 atom stereocenters. The largest absolute Gasteiger partial charge is 0.481 e. The zero-order valence-corrected chi connectivity index (χ0v) is 74.0. The topological polar surface area (TPSA) is 366 Å². The number of carboxylic acids is 4. The Hall–Kier alpha value is -9.11. The number of methoxy groups -OCH3 is 3. The van der Waals surface area contributed by atoms with Crippen molar-refractivity contribution in [2.24, 2.45) is 32.5 Å². The first-order valence-corrected chi connectivity index (χ1v) is 40.7. The van der Waals surface area contributed by atoms with Crippen LogP contribution in [0.25, 0.3) is 0 Å². The van der Waals surface area contributed by atoms with Gasteiger partial charge in [0.1, 0.15) is 24.2 Å². The molecule has 1 aliphatic rings. The van der Waals surface area contributed by atoms with Gasteiger partial charge in [0.05, 0.1) is 71.3 Å². The molecule has 26 nitrogen and oxygen atoms in total. The number of ether oxygens (including phenoxy) is 3. The first kappa shape index (κ1) is 104. The van der Waals surface area contributed by atoms with Crippen molar-refractivity contribution in [3.63, 3.8) is 0 Å². The average molecular weight is 1640 g/mol. The minimum Gasteiger partial charge on any atom is -0.481 e. The number of esters is 3. The molecule has 117 heavy (non-hydrogen) atoms. The number of amides is 4. The summed E-state index contributed by atoms with van der Waals surface area (Å²) in [6.07, 6.45) is 4.76. The van der Waals surface area contributed by atoms with Crippen molar-refractivity contribution in [2.45, 2.75) is 276 Å². The number of carbonyl (C=O) groups excluding carboxylic acids is 7. The minimum absolute atomic E-state index is 0.0144. The summed E-state index contributed by atoms with van der Waals surface area (Å²) in [5.41, 5.74) is 3.87. The smallest absolute Gasteiger partial charge is 0.328 e. The van der Waals surface area contributed by atoms with E-state index in [4.69, 9.17) is 19.3 Å². The number of nitrogens with one attached hydrogen (secondary N) is 5. The molecule has 4 amide bonds. The fraction of sp³-hybridized carbons (Fsp3) is 0.615. The summed E-state index contributed by atoms with van der Waals surface area (Å²) in [6, 6.07) is 31.7. The van der Waals surface area contributed by atoms with E-state index in [1.165, 1.54) is 26.9 Å². The molecule has 9 N–H and O–H groups in total. The molecule has 4 aromatic rings. The highest BCUT2D eigenvalue weighted by Crippen LogP contribution is 2.37. The van der Waals surface area contributed by atoms with Gasteiger partial charge in [-0.05, 0) is 133 Å². The Morgan fingerprint density at radius 2 is 0.812 bits per heavy atom. The maximum atomic E-state index is 13.7. The van der Waals surface area contributed by atoms with Crippen molar-refractivity contribution in [3.05, 3.63) is 144 Å². The molecule has 0 radical (unpaired) electrons. The SMILES string of the molecule is CC(C)(C)CCN[C@@H](CC(=O)O)C(=O)NC(Cc1ccccc1)C(=O)O.COC(=O)C(Cc1ccccc1)NC(=O)[C@H](CC(=O)O)N(CCC(C)(C)C)CCC(C)(C)C.COC(=O)C[C@H](NCCC(C)(C)C)C(=O)NC(C)Cc1ccccc1.COC(=O)[C@H](Cc1ccccc1)N1C(=O)C(CC(=O)O)N(CCC(C)(C)C)C1CC(C)(C)C. The van der Waals surface area contributed by atoms with Gasteiger partial charge in [-0.15, -0.1) is 0 Å². The van der Waals surface area contributed by atoms with Crippen molar-refractivity contribution in [1.29, 1.82) is 0 Å². The number of hydrogen-bond acceptors (Lipinski definition) is 18. The van der Waals surface area contributed by atoms with Crippen LogP contribution in [0.1, 0.15) is 218 Å². The molecule has 1 aliphatic heterocycles. The first-order valence-electron chi connectivity index (χ1n) is 40.7. The van der Waals surface area contributed by atoms with Gasteiger partial charge in [-0.1, -0.05) is 246 Å². The maximum absolute atomic E-state index is 13.7. The standard InChI is InChI=1S/C26H40N2O5.C26H42N2O5.C20H32N2O3.C19H28N2O5/c1-25(2,3)13-14-27-19(16-22(29)30)23(31)28(21(27)17-26(4,5)6)20(24(32)33-7)15-18-11-9-8-10-12-18;1-25(2,3)13-15-28(16-14-26(4,5)6)21(18-22(29)30)23(31)27-20(24(32)33-7)17-19-11-9-8-10-12-19;1-15(13-16-9-7-6-8-10-16)22-19(24)17(14-18(23)25-5)21-12-11-20(2,3)4;1-19(2,3)9-10-20-14(12-16(22)23)17(24)21-15(18(25)26)11-13-7-5-4-6-8-13/h8-12,19-21H,13-17H2,1-7H3,(H,29,30);8-12,20-21H,13-18H2,1-7H3,(H,27,31)(H,29,30);6-10,15,17,21H,11-14H2,1-5H3,(H,22,24);4-8,14-15,20H,9-12H2,1-3H3,(H,21,24)(H,22,23)(H,25,26)/t19?,20-,21?;20?,21-;15?,17-;14-,15?/m0000/s1. The van der Waals surface area contributed by atoms with Gasteiger partial charge >= 0.3 is 41.8 Å². The fourth-order valence-corrected chi connectivity index (χ4v) is 12.6. The number of carboxylic acid groups (broad SMARTS) is 4. The van der Waals surface area contributed by atoms with Gasteiger partial charge in [-0.2, -0.15) is 0 Å². The van der Waals surface area contributed by atoms with Crippen molar-refractivity contribution in [2.75, 3.05) is 54.1 Å². The lowest BCUT2D eigenvalue weighted by Gasteiger charge is -2.39. The number of rotatable bonds is 40. The van der Waals surface area contributed by atoms with E-state index in [-0.39, 0.29) is 88.4 Å². The third-order valence-corrected chi connectivity index (χ3v) is 19.3. The van der Waals surface area contributed by atoms with Gasteiger partial charge < -0.3 is 66.1 Å². The van der Waals surface area contributed by atoms with E-state index in [1.54, 1.807) is 29.2 Å². The molecule has 0 aliphatic carbocycles. The molecule has 0 saturated carbocycles. The predicted octanol–water partition coefficient (Wildman–Crippen LogP) is 12.2. The van der Waals surface area contributed by atoms with Crippen molar-refractivity contribution < 1.29 is 87.4 Å². The number of hydrogen-bond donors (Lipinski definition) is 9. The Labute approximate surface area is 696 Å². The Balaban J connectivity index is 0.000000533. The molecule has 1 heterocycles. The van der Waals surface area contributed by atoms with E-state index in [1.807, 2.05) is 135 Å². The van der Waals surface area contributed by atoms with Crippen LogP contribution in [-0.4, -0.2) is 209 Å². The predicted molar refractivity (Wildman–Crippen MR) is 455 cm³/mol. The molecule has 5 rings (SSSR count). The highest BCUT2D eigenvalue weighted by atomic mass is 16.5. The molecule has 654 valence electrons. The van der Waals surface area contributed by atoms with Gasteiger partial charge in [-0.3, -0.25) is 48.2 Å². The average Bonchev–Trinajstić information content (AvgIpc) is 1.61. The second-order valence-corrected chi connectivity index (χ2v) is 37.6. The van der Waals surface area contributed by atoms with Crippen molar-refractivity contribution in [1.82, 2.24) is 41.3 Å². The lowest BCUT2D eigenvalue weighted by atomic mass is 9.88. The molecule has 1 fully saturated rings. The van der Waals surface area contributed by atoms with Gasteiger partial charge in [0.25, 0.3) is 0 Å². The van der Waals surface area contributed by atoms with Gasteiger partial charge in [0, 0.05) is 31.8 Å². The summed E-state index contributed by atoms with van der Waals surface area (Å²) in [5.74, 6) is -7.36. The molecule has 1 saturated heterocycles. The van der Waals surface area contributed by atoms with Crippen LogP contribution in [0.5, 0.6) is 0 Å². The zero-order chi connectivity index (χ0) is 88.8. The summed E-state index contributed by atoms with van der Waals surface area (Å²) in [6.45, 7) is 42.8. The molecule has 0 aromatic heterocycles. The van der Waals surface area contributed by atoms with Crippen LogP contribution < -0.4 is 26.6 Å². The third kappa shape index (κ3) is 44.9. The van der Waals surface area contributed by atoms with E-state index >= 15 is 0 Å². The monoisotopic (exact) mass is 1640 g/mol. The fourth-order valence-electron chi connectivity index (χ4n) is 12.6. The van der Waals surface area contributed by atoms with Crippen LogP contribution >= 0.6 is 0 Å². The molecule has 0 spiro atoms. The molecule has 4 aromatic carbocycles. The molecular weight excluding hydrogens is 1490 g/mol. The highest BCUT2D eigenvalue weighted by molar-refractivity contribution is 5.93. The molecular formula is C91H142N8O18. The van der Waals surface area contributed by atoms with Crippen molar-refractivity contribution >= 4 is 65.4 Å². The van der Waals surface area contributed by atoms with E-state index in [9.17, 15) is 68.1 Å². The Morgan fingerprint density at radius 3 is 1.19 bits per heavy atom. The Morgan fingerprint density at radius 1 is 0.427 bits per heavy atom. The van der Waals surface area contributed by atoms with Crippen molar-refractivity contribution in [3.8, 4) is 0 Å². The number of carbonyl (C=O) groups is 11. The van der Waals surface area contributed by atoms with Crippen LogP contribution in [0.4, 0.5) is 0 Å². The first-order chi connectivity index (χ1) is 54.2. The second kappa shape index (κ2) is 50.0. The summed E-state index contributed by atoms with van der Waals surface area (Å²) >= 11 is 0. The lowest BCUT2D eigenvalue weighted by molar-refractivity contribution is -0.153. The summed E-state index contributed by atoms with van der Waals surface area (Å²) in [7, 11) is 3.94. The Bertz CT molecular complexity index is 3660. The molecule has 26 heteroatoms. The van der Waals surface area contributed by atoms with Crippen LogP contribution in [0.3, 0.4) is 0 Å². The van der Waals surface area contributed by atoms with E-state index in [0.717, 1.165) is 55.2 Å². The third-order valence-electron chi connectivity index (χ3n) is 19.3. The van der Waals surface area contributed by atoms with Crippen LogP contribution in [-0.2, 0) is 92.6 Å². The van der Waals surface area contributed by atoms with Gasteiger partial charge in [0.15, 0.2) is 0 Å². The number of nitrogens with zero attached hydrogens (tertiary/aromatic N) is 3. The Kier molecular flexibility index (Phi) is 44.4. The van der Waals surface area contributed by atoms with Crippen LogP contribution in [0.15, 0.2) is 121 Å². The zero-order valence-electron chi connectivity index (χ0n) is 74.0. The summed E-state index contributed by atoms with van der Waals surface area (Å²) in [5, 5.41) is 51.9. The second-order valence-electron chi connectivity index (χ2n) is 37.6. The van der Waals surface area contributed by atoms with Gasteiger partial charge in [-0.25, -0.2) is 14.4 Å². The van der Waals surface area contributed by atoms with E-state index in [0.29, 0.717) is 45.6 Å². The maximum Gasteiger partial charge on any atom is 0.328 e. The number of benzene rings is 4. The van der Waals surface area contributed by atoms with E-state index in [2.05, 4.69) is 130 Å². The summed E-state index contributed by atoms with van der Waals surface area (Å²) < 4.78 is 14.7.